The van der Waals surface area contributed by atoms with Gasteiger partial charge in [0.25, 0.3) is 0 Å². The van der Waals surface area contributed by atoms with E-state index in [0.717, 1.165) is 11.1 Å². The Kier molecular flexibility index (Phi) is 4.78. The Morgan fingerprint density at radius 3 is 1.62 bits per heavy atom. The Labute approximate surface area is 145 Å². The van der Waals surface area contributed by atoms with Crippen molar-refractivity contribution in [1.82, 2.24) is 0 Å². The van der Waals surface area contributed by atoms with Crippen molar-refractivity contribution < 1.29 is 9.90 Å². The monoisotopic (exact) mass is 334 g/mol. The third-order valence-corrected chi connectivity index (χ3v) is 3.97. The molecule has 0 bridgehead atoms. The van der Waals surface area contributed by atoms with Crippen molar-refractivity contribution >= 4 is 28.7 Å². The van der Waals surface area contributed by atoms with Crippen molar-refractivity contribution in [1.29, 1.82) is 0 Å². The summed E-state index contributed by atoms with van der Waals surface area (Å²) in [5, 5.41) is 10.5. The molecular weight excluding hydrogens is 320 g/mol. The quantitative estimate of drug-likeness (QED) is 0.513. The Morgan fingerprint density at radius 2 is 1.12 bits per heavy atom. The predicted molar refractivity (Wildman–Crippen MR) is 97.9 cm³/mol. The lowest BCUT2D eigenvalue weighted by Crippen LogP contribution is -2.05. The van der Waals surface area contributed by atoms with E-state index in [2.05, 4.69) is 0 Å². The molecule has 0 aliphatic heterocycles. The highest BCUT2D eigenvalue weighted by Gasteiger charge is 2.19. The average molecular weight is 335 g/mol. The molecule has 3 aromatic rings. The van der Waals surface area contributed by atoms with E-state index in [1.807, 2.05) is 72.8 Å². The van der Waals surface area contributed by atoms with Gasteiger partial charge in [-0.1, -0.05) is 84.4 Å². The van der Waals surface area contributed by atoms with Gasteiger partial charge in [0, 0.05) is 10.6 Å². The molecule has 0 saturated carbocycles. The van der Waals surface area contributed by atoms with Gasteiger partial charge in [0.1, 0.15) is 0 Å². The largest absolute Gasteiger partial charge is 0.478 e. The summed E-state index contributed by atoms with van der Waals surface area (Å²) in [5.41, 5.74) is 3.27. The molecule has 118 valence electrons. The van der Waals surface area contributed by atoms with Crippen LogP contribution in [0, 0.1) is 0 Å². The standard InChI is InChI=1S/C21H15ClO2/c22-18-13-11-17(12-14-18)19(15-7-3-1-4-8-15)20(21(23)24)16-9-5-2-6-10-16/h1-14H,(H,23,24). The zero-order valence-electron chi connectivity index (χ0n) is 12.8. The number of hydrogen-bond acceptors (Lipinski definition) is 1. The molecule has 0 amide bonds. The minimum atomic E-state index is -0.963. The molecule has 2 nitrogen and oxygen atoms in total. The van der Waals surface area contributed by atoms with Crippen LogP contribution < -0.4 is 0 Å². The van der Waals surface area contributed by atoms with E-state index >= 15 is 0 Å². The van der Waals surface area contributed by atoms with Gasteiger partial charge >= 0.3 is 5.97 Å². The maximum absolute atomic E-state index is 12.1. The van der Waals surface area contributed by atoms with Gasteiger partial charge in [-0.05, 0) is 28.8 Å². The molecule has 0 spiro atoms. The summed E-state index contributed by atoms with van der Waals surface area (Å²) in [6.07, 6.45) is 0. The molecule has 0 fully saturated rings. The van der Waals surface area contributed by atoms with Gasteiger partial charge in [-0.25, -0.2) is 4.79 Å². The molecule has 0 saturated heterocycles. The smallest absolute Gasteiger partial charge is 0.336 e. The van der Waals surface area contributed by atoms with Crippen molar-refractivity contribution in [3.05, 3.63) is 107 Å². The number of benzene rings is 3. The Morgan fingerprint density at radius 1 is 0.667 bits per heavy atom. The molecule has 0 heterocycles. The summed E-state index contributed by atoms with van der Waals surface area (Å²) >= 11 is 5.99. The zero-order valence-corrected chi connectivity index (χ0v) is 13.6. The van der Waals surface area contributed by atoms with E-state index in [9.17, 15) is 9.90 Å². The van der Waals surface area contributed by atoms with Crippen LogP contribution in [0.2, 0.25) is 5.02 Å². The average Bonchev–Trinajstić information content (AvgIpc) is 2.62. The maximum atomic E-state index is 12.1. The third kappa shape index (κ3) is 3.39. The van der Waals surface area contributed by atoms with Crippen LogP contribution >= 0.6 is 11.6 Å². The minimum absolute atomic E-state index is 0.268. The van der Waals surface area contributed by atoms with Crippen LogP contribution in [0.15, 0.2) is 84.9 Å². The van der Waals surface area contributed by atoms with Crippen LogP contribution in [0.1, 0.15) is 16.7 Å². The molecule has 3 rings (SSSR count). The van der Waals surface area contributed by atoms with E-state index in [4.69, 9.17) is 11.6 Å². The molecule has 3 heteroatoms. The van der Waals surface area contributed by atoms with E-state index in [0.29, 0.717) is 16.2 Å². The van der Waals surface area contributed by atoms with Gasteiger partial charge < -0.3 is 5.11 Å². The summed E-state index contributed by atoms with van der Waals surface area (Å²) in [7, 11) is 0. The second-order valence-corrected chi connectivity index (χ2v) is 5.73. The number of aliphatic carboxylic acids is 1. The molecule has 0 atom stereocenters. The molecule has 0 aliphatic carbocycles. The van der Waals surface area contributed by atoms with Crippen molar-refractivity contribution in [2.45, 2.75) is 0 Å². The first-order chi connectivity index (χ1) is 11.7. The van der Waals surface area contributed by atoms with Crippen LogP contribution in [-0.4, -0.2) is 11.1 Å². The van der Waals surface area contributed by atoms with E-state index in [1.165, 1.54) is 0 Å². The van der Waals surface area contributed by atoms with Gasteiger partial charge in [-0.15, -0.1) is 0 Å². The first kappa shape index (κ1) is 16.0. The van der Waals surface area contributed by atoms with E-state index < -0.39 is 5.97 Å². The molecule has 0 radical (unpaired) electrons. The zero-order chi connectivity index (χ0) is 16.9. The van der Waals surface area contributed by atoms with Crippen molar-refractivity contribution in [2.75, 3.05) is 0 Å². The lowest BCUT2D eigenvalue weighted by Gasteiger charge is -2.14. The fourth-order valence-corrected chi connectivity index (χ4v) is 2.78. The maximum Gasteiger partial charge on any atom is 0.336 e. The van der Waals surface area contributed by atoms with Crippen molar-refractivity contribution in [2.24, 2.45) is 0 Å². The first-order valence-corrected chi connectivity index (χ1v) is 7.89. The van der Waals surface area contributed by atoms with Crippen LogP contribution in [0.4, 0.5) is 0 Å². The molecule has 24 heavy (non-hydrogen) atoms. The van der Waals surface area contributed by atoms with Gasteiger partial charge in [0.15, 0.2) is 0 Å². The Balaban J connectivity index is 2.33. The number of rotatable bonds is 4. The summed E-state index contributed by atoms with van der Waals surface area (Å²) in [6.45, 7) is 0. The lowest BCUT2D eigenvalue weighted by atomic mass is 9.89. The third-order valence-electron chi connectivity index (χ3n) is 3.72. The number of carboxylic acids is 1. The summed E-state index contributed by atoms with van der Waals surface area (Å²) in [4.78, 5) is 12.1. The van der Waals surface area contributed by atoms with Crippen LogP contribution in [0.5, 0.6) is 0 Å². The normalized spacial score (nSPS) is 11.7. The van der Waals surface area contributed by atoms with Crippen LogP contribution in [0.25, 0.3) is 11.1 Å². The highest BCUT2D eigenvalue weighted by Crippen LogP contribution is 2.33. The van der Waals surface area contributed by atoms with Gasteiger partial charge in [0.05, 0.1) is 5.57 Å². The summed E-state index contributed by atoms with van der Waals surface area (Å²) in [6, 6.07) is 25.9. The highest BCUT2D eigenvalue weighted by atomic mass is 35.5. The fourth-order valence-electron chi connectivity index (χ4n) is 2.66. The Bertz CT molecular complexity index is 867. The van der Waals surface area contributed by atoms with E-state index in [1.54, 1.807) is 12.1 Å². The molecule has 0 aliphatic rings. The summed E-state index contributed by atoms with van der Waals surface area (Å²) < 4.78 is 0. The van der Waals surface area contributed by atoms with Gasteiger partial charge in [-0.2, -0.15) is 0 Å². The van der Waals surface area contributed by atoms with Crippen molar-refractivity contribution in [3.63, 3.8) is 0 Å². The highest BCUT2D eigenvalue weighted by molar-refractivity contribution is 6.30. The number of hydrogen-bond donors (Lipinski definition) is 1. The number of carboxylic acid groups (broad SMARTS) is 1. The number of halogens is 1. The molecule has 0 aromatic heterocycles. The summed E-state index contributed by atoms with van der Waals surface area (Å²) in [5.74, 6) is -0.963. The number of carbonyl (C=O) groups is 1. The molecular formula is C21H15ClO2. The molecule has 0 unspecified atom stereocenters. The molecule has 1 N–H and O–H groups in total. The van der Waals surface area contributed by atoms with Gasteiger partial charge in [-0.3, -0.25) is 0 Å². The van der Waals surface area contributed by atoms with Gasteiger partial charge in [0.2, 0.25) is 0 Å². The SMILES string of the molecule is O=C(O)C(=C(c1ccccc1)c1ccc(Cl)cc1)c1ccccc1. The van der Waals surface area contributed by atoms with Crippen molar-refractivity contribution in [3.8, 4) is 0 Å². The second kappa shape index (κ2) is 7.16. The van der Waals surface area contributed by atoms with Crippen LogP contribution in [0.3, 0.4) is 0 Å². The topological polar surface area (TPSA) is 37.3 Å². The Hall–Kier alpha value is -2.84. The lowest BCUT2D eigenvalue weighted by molar-refractivity contribution is -0.130. The predicted octanol–water partition coefficient (Wildman–Crippen LogP) is 5.38. The van der Waals surface area contributed by atoms with Crippen LogP contribution in [-0.2, 0) is 4.79 Å². The van der Waals surface area contributed by atoms with E-state index in [-0.39, 0.29) is 5.57 Å². The molecule has 3 aromatic carbocycles. The second-order valence-electron chi connectivity index (χ2n) is 5.29. The minimum Gasteiger partial charge on any atom is -0.478 e. The first-order valence-electron chi connectivity index (χ1n) is 7.51. The fraction of sp³-hybridized carbons (Fsp3) is 0.